The Kier molecular flexibility index (Phi) is 4.87. The summed E-state index contributed by atoms with van der Waals surface area (Å²) in [7, 11) is 1.68. The van der Waals surface area contributed by atoms with Gasteiger partial charge in [-0.15, -0.1) is 11.3 Å². The van der Waals surface area contributed by atoms with Crippen LogP contribution in [0.25, 0.3) is 21.6 Å². The zero-order chi connectivity index (χ0) is 23.6. The van der Waals surface area contributed by atoms with E-state index in [-0.39, 0.29) is 12.1 Å². The molecule has 0 atom stereocenters. The lowest BCUT2D eigenvalue weighted by molar-refractivity contribution is -0.163. The van der Waals surface area contributed by atoms with Gasteiger partial charge in [0, 0.05) is 23.3 Å². The van der Waals surface area contributed by atoms with Crippen molar-refractivity contribution in [2.24, 2.45) is 0 Å². The highest BCUT2D eigenvalue weighted by molar-refractivity contribution is 7.18. The number of aromatic nitrogens is 3. The third kappa shape index (κ3) is 3.52. The number of aryl methyl sites for hydroxylation is 1. The summed E-state index contributed by atoms with van der Waals surface area (Å²) in [6.45, 7) is 1.51. The summed E-state index contributed by atoms with van der Waals surface area (Å²) < 4.78 is 24.7. The second kappa shape index (κ2) is 8.01. The quantitative estimate of drug-likeness (QED) is 0.412. The van der Waals surface area contributed by atoms with Gasteiger partial charge in [0.25, 0.3) is 5.56 Å². The number of methoxy groups -OCH3 is 1. The van der Waals surface area contributed by atoms with E-state index >= 15 is 0 Å². The number of hydrogen-bond acceptors (Lipinski definition) is 8. The Morgan fingerprint density at radius 1 is 1.26 bits per heavy atom. The molecule has 2 aliphatic carbocycles. The average Bonchev–Trinajstić information content (AvgIpc) is 3.23. The molecule has 7 rings (SSSR count). The number of fused-ring (bicyclic) bond motifs is 3. The van der Waals surface area contributed by atoms with Gasteiger partial charge in [-0.1, -0.05) is 0 Å². The molecule has 1 spiro atoms. The Bertz CT molecular complexity index is 1480. The largest absolute Gasteiger partial charge is 0.497 e. The minimum absolute atomic E-state index is 0.0410. The molecule has 4 heterocycles. The third-order valence-electron chi connectivity index (χ3n) is 7.31. The summed E-state index contributed by atoms with van der Waals surface area (Å²) >= 11 is 1.59. The third-order valence-corrected chi connectivity index (χ3v) is 8.43. The van der Waals surface area contributed by atoms with Crippen LogP contribution in [0.15, 0.2) is 40.0 Å². The topological polar surface area (TPSA) is 88.6 Å². The van der Waals surface area contributed by atoms with Gasteiger partial charge in [0.1, 0.15) is 22.2 Å². The predicted octanol–water partition coefficient (Wildman–Crippen LogP) is 4.28. The van der Waals surface area contributed by atoms with Crippen LogP contribution in [-0.2, 0) is 28.9 Å². The van der Waals surface area contributed by atoms with Gasteiger partial charge in [0.15, 0.2) is 12.2 Å². The maximum atomic E-state index is 14.1. The standard InChI is InChI=1S/C26H25N3O5S/c1-31-16-4-5-18(20(10-16)15-2-3-15)23-28-24-22(25(30)29(23)13-17-12-27-14-32-17)19-6-7-26(11-21(19)35-24)33-8-9-34-26/h4-5,10,12,14-15H,2-3,6-9,11,13H2,1H3. The van der Waals surface area contributed by atoms with Crippen LogP contribution in [0, 0.1) is 0 Å². The first-order chi connectivity index (χ1) is 17.1. The van der Waals surface area contributed by atoms with Crippen molar-refractivity contribution in [3.63, 3.8) is 0 Å². The number of hydrogen-bond donors (Lipinski definition) is 0. The van der Waals surface area contributed by atoms with Crippen molar-refractivity contribution < 1.29 is 18.6 Å². The molecule has 1 saturated heterocycles. The fourth-order valence-electron chi connectivity index (χ4n) is 5.42. The number of thiophene rings is 1. The van der Waals surface area contributed by atoms with E-state index in [9.17, 15) is 4.79 Å². The van der Waals surface area contributed by atoms with Crippen LogP contribution < -0.4 is 10.3 Å². The van der Waals surface area contributed by atoms with Crippen LogP contribution in [0.5, 0.6) is 5.75 Å². The highest BCUT2D eigenvalue weighted by Gasteiger charge is 2.42. The van der Waals surface area contributed by atoms with E-state index in [2.05, 4.69) is 11.1 Å². The number of nitrogens with zero attached hydrogens (tertiary/aromatic N) is 3. The molecule has 0 unspecified atom stereocenters. The maximum absolute atomic E-state index is 14.1. The van der Waals surface area contributed by atoms with Gasteiger partial charge in [-0.2, -0.15) is 0 Å². The number of benzene rings is 1. The summed E-state index contributed by atoms with van der Waals surface area (Å²) in [5.74, 6) is 2.00. The Morgan fingerprint density at radius 2 is 2.11 bits per heavy atom. The van der Waals surface area contributed by atoms with E-state index in [1.165, 1.54) is 12.0 Å². The molecule has 8 nitrogen and oxygen atoms in total. The lowest BCUT2D eigenvalue weighted by atomic mass is 9.92. The molecule has 35 heavy (non-hydrogen) atoms. The van der Waals surface area contributed by atoms with Crippen LogP contribution in [-0.4, -0.2) is 40.6 Å². The first-order valence-corrected chi connectivity index (χ1v) is 12.8. The van der Waals surface area contributed by atoms with E-state index < -0.39 is 5.79 Å². The molecule has 4 aromatic rings. The van der Waals surface area contributed by atoms with Crippen LogP contribution in [0.2, 0.25) is 0 Å². The second-order valence-electron chi connectivity index (χ2n) is 9.49. The van der Waals surface area contributed by atoms with Gasteiger partial charge >= 0.3 is 0 Å². The molecule has 1 aromatic carbocycles. The normalized spacial score (nSPS) is 18.9. The highest BCUT2D eigenvalue weighted by Crippen LogP contribution is 2.46. The van der Waals surface area contributed by atoms with Crippen LogP contribution in [0.4, 0.5) is 0 Å². The Hall–Kier alpha value is -3.01. The summed E-state index contributed by atoms with van der Waals surface area (Å²) in [5.41, 5.74) is 3.19. The van der Waals surface area contributed by atoms with Gasteiger partial charge in [-0.25, -0.2) is 9.97 Å². The first-order valence-electron chi connectivity index (χ1n) is 12.0. The van der Waals surface area contributed by atoms with Gasteiger partial charge in [0.05, 0.1) is 38.5 Å². The van der Waals surface area contributed by atoms with Gasteiger partial charge < -0.3 is 18.6 Å². The molecule has 9 heteroatoms. The predicted molar refractivity (Wildman–Crippen MR) is 130 cm³/mol. The fraction of sp³-hybridized carbons (Fsp3) is 0.423. The second-order valence-corrected chi connectivity index (χ2v) is 10.6. The first kappa shape index (κ1) is 21.3. The molecule has 3 aliphatic rings. The van der Waals surface area contributed by atoms with Crippen LogP contribution in [0.1, 0.15) is 46.9 Å². The molecule has 3 aromatic heterocycles. The molecule has 2 fully saturated rings. The minimum atomic E-state index is -0.551. The molecule has 180 valence electrons. The van der Waals surface area contributed by atoms with Crippen molar-refractivity contribution >= 4 is 21.6 Å². The minimum Gasteiger partial charge on any atom is -0.497 e. The lowest BCUT2D eigenvalue weighted by Gasteiger charge is -2.31. The van der Waals surface area contributed by atoms with Crippen molar-refractivity contribution in [3.05, 3.63) is 62.9 Å². The zero-order valence-electron chi connectivity index (χ0n) is 19.4. The Morgan fingerprint density at radius 3 is 2.86 bits per heavy atom. The highest BCUT2D eigenvalue weighted by atomic mass is 32.1. The van der Waals surface area contributed by atoms with Gasteiger partial charge in [-0.05, 0) is 54.5 Å². The molecular weight excluding hydrogens is 466 g/mol. The van der Waals surface area contributed by atoms with Gasteiger partial charge in [-0.3, -0.25) is 9.36 Å². The van der Waals surface area contributed by atoms with E-state index in [4.69, 9.17) is 23.6 Å². The molecule has 0 amide bonds. The smallest absolute Gasteiger partial charge is 0.263 e. The van der Waals surface area contributed by atoms with Crippen LogP contribution >= 0.6 is 11.3 Å². The number of oxazole rings is 1. The molecule has 0 N–H and O–H groups in total. The van der Waals surface area contributed by atoms with E-state index in [0.29, 0.717) is 42.5 Å². The Balaban J connectivity index is 1.44. The zero-order valence-corrected chi connectivity index (χ0v) is 20.2. The lowest BCUT2D eigenvalue weighted by Crippen LogP contribution is -2.36. The molecule has 1 saturated carbocycles. The Labute approximate surface area is 205 Å². The monoisotopic (exact) mass is 491 g/mol. The molecular formula is C26H25N3O5S. The SMILES string of the molecule is COc1ccc(-c2nc3sc4c(c3c(=O)n2Cc2cnco2)CCC2(C4)OCCO2)c(C2CC2)c1. The van der Waals surface area contributed by atoms with E-state index in [1.807, 2.05) is 12.1 Å². The summed E-state index contributed by atoms with van der Waals surface area (Å²) in [6.07, 6.45) is 7.45. The van der Waals surface area contributed by atoms with E-state index in [0.717, 1.165) is 52.3 Å². The van der Waals surface area contributed by atoms with Crippen molar-refractivity contribution in [1.82, 2.24) is 14.5 Å². The van der Waals surface area contributed by atoms with Crippen molar-refractivity contribution in [3.8, 4) is 17.1 Å². The molecule has 0 bridgehead atoms. The summed E-state index contributed by atoms with van der Waals surface area (Å²) in [4.78, 5) is 25.2. The maximum Gasteiger partial charge on any atom is 0.263 e. The van der Waals surface area contributed by atoms with E-state index in [1.54, 1.807) is 29.2 Å². The van der Waals surface area contributed by atoms with Crippen molar-refractivity contribution in [2.45, 2.75) is 50.4 Å². The van der Waals surface area contributed by atoms with Crippen LogP contribution in [0.3, 0.4) is 0 Å². The fourth-order valence-corrected chi connectivity index (χ4v) is 6.71. The van der Waals surface area contributed by atoms with Crippen molar-refractivity contribution in [1.29, 1.82) is 0 Å². The molecule has 1 aliphatic heterocycles. The summed E-state index contributed by atoms with van der Waals surface area (Å²) in [5, 5.41) is 0.711. The number of ether oxygens (including phenoxy) is 3. The van der Waals surface area contributed by atoms with Gasteiger partial charge in [0.2, 0.25) is 0 Å². The van der Waals surface area contributed by atoms with Crippen molar-refractivity contribution in [2.75, 3.05) is 20.3 Å². The molecule has 0 radical (unpaired) electrons. The summed E-state index contributed by atoms with van der Waals surface area (Å²) in [6, 6.07) is 6.05. The number of rotatable bonds is 5. The average molecular weight is 492 g/mol.